The molecule has 0 aliphatic carbocycles. The van der Waals surface area contributed by atoms with E-state index in [0.29, 0.717) is 20.6 Å². The molecule has 0 unspecified atom stereocenters. The van der Waals surface area contributed by atoms with Crippen LogP contribution in [0.4, 0.5) is 0 Å². The number of rotatable bonds is 4. The van der Waals surface area contributed by atoms with E-state index in [4.69, 9.17) is 27.5 Å². The minimum absolute atomic E-state index is 0.107. The van der Waals surface area contributed by atoms with Gasteiger partial charge in [-0.15, -0.1) is 6.42 Å². The summed E-state index contributed by atoms with van der Waals surface area (Å²) in [5.41, 5.74) is 0.650. The second-order valence-corrected chi connectivity index (χ2v) is 5.61. The number of carbonyl (C=O) groups is 2. The molecule has 0 aliphatic rings. The van der Waals surface area contributed by atoms with Crippen LogP contribution < -0.4 is 4.74 Å². The quantitative estimate of drug-likeness (QED) is 0.446. The maximum atomic E-state index is 12.0. The molecule has 23 heavy (non-hydrogen) atoms. The second-order valence-electron chi connectivity index (χ2n) is 4.32. The van der Waals surface area contributed by atoms with E-state index in [1.807, 2.05) is 0 Å². The van der Waals surface area contributed by atoms with Gasteiger partial charge in [-0.3, -0.25) is 0 Å². The Kier molecular flexibility index (Phi) is 5.80. The Bertz CT molecular complexity index is 778. The van der Waals surface area contributed by atoms with Crippen LogP contribution in [0.25, 0.3) is 0 Å². The monoisotopic (exact) mass is 392 g/mol. The van der Waals surface area contributed by atoms with Gasteiger partial charge in [-0.1, -0.05) is 17.5 Å². The van der Waals surface area contributed by atoms with E-state index in [1.165, 1.54) is 18.2 Å². The van der Waals surface area contributed by atoms with E-state index in [2.05, 4.69) is 21.9 Å². The molecule has 2 aromatic carbocycles. The van der Waals surface area contributed by atoms with E-state index in [1.54, 1.807) is 24.3 Å². The van der Waals surface area contributed by atoms with Crippen molar-refractivity contribution in [3.8, 4) is 18.1 Å². The zero-order chi connectivity index (χ0) is 16.8. The van der Waals surface area contributed by atoms with Gasteiger partial charge in [-0.25, -0.2) is 9.59 Å². The largest absolute Gasteiger partial charge is 0.449 e. The highest BCUT2D eigenvalue weighted by Crippen LogP contribution is 2.27. The third-order valence-electron chi connectivity index (χ3n) is 2.74. The van der Waals surface area contributed by atoms with Crippen LogP contribution in [0, 0.1) is 12.3 Å². The third-order valence-corrected chi connectivity index (χ3v) is 3.61. The standard InChI is InChI=1S/C17H10BrClO4/c1-2-9-22-16(20)12-5-8-15(14(18)10-12)23-17(21)11-3-6-13(19)7-4-11/h1,3-8,10H,9H2. The van der Waals surface area contributed by atoms with Crippen molar-refractivity contribution >= 4 is 39.5 Å². The Hall–Kier alpha value is -2.29. The number of hydrogen-bond acceptors (Lipinski definition) is 4. The summed E-state index contributed by atoms with van der Waals surface area (Å²) in [5, 5.41) is 0.526. The molecule has 0 radical (unpaired) electrons. The molecule has 0 fully saturated rings. The maximum absolute atomic E-state index is 12.0. The molecule has 116 valence electrons. The average molecular weight is 394 g/mol. The number of carbonyl (C=O) groups excluding carboxylic acids is 2. The van der Waals surface area contributed by atoms with E-state index in [9.17, 15) is 9.59 Å². The van der Waals surface area contributed by atoms with Gasteiger partial charge in [0.25, 0.3) is 0 Å². The highest BCUT2D eigenvalue weighted by Gasteiger charge is 2.14. The summed E-state index contributed by atoms with van der Waals surface area (Å²) in [4.78, 5) is 23.7. The van der Waals surface area contributed by atoms with Gasteiger partial charge in [0.05, 0.1) is 15.6 Å². The summed E-state index contributed by atoms with van der Waals surface area (Å²) < 4.78 is 10.5. The van der Waals surface area contributed by atoms with Crippen molar-refractivity contribution in [2.75, 3.05) is 6.61 Å². The summed E-state index contributed by atoms with van der Waals surface area (Å²) >= 11 is 9.02. The van der Waals surface area contributed by atoms with Gasteiger partial charge < -0.3 is 9.47 Å². The van der Waals surface area contributed by atoms with Crippen molar-refractivity contribution in [3.63, 3.8) is 0 Å². The van der Waals surface area contributed by atoms with Gasteiger partial charge in [0.15, 0.2) is 6.61 Å². The van der Waals surface area contributed by atoms with Crippen molar-refractivity contribution in [2.24, 2.45) is 0 Å². The van der Waals surface area contributed by atoms with Crippen LogP contribution in [-0.4, -0.2) is 18.5 Å². The van der Waals surface area contributed by atoms with Crippen molar-refractivity contribution in [3.05, 3.63) is 63.1 Å². The number of halogens is 2. The third kappa shape index (κ3) is 4.59. The Morgan fingerprint density at radius 1 is 1.09 bits per heavy atom. The lowest BCUT2D eigenvalue weighted by molar-refractivity contribution is 0.0556. The smallest absolute Gasteiger partial charge is 0.343 e. The molecule has 2 rings (SSSR count). The first-order chi connectivity index (χ1) is 11.0. The first-order valence-corrected chi connectivity index (χ1v) is 7.56. The van der Waals surface area contributed by atoms with Gasteiger partial charge in [-0.05, 0) is 58.4 Å². The fourth-order valence-corrected chi connectivity index (χ4v) is 2.23. The average Bonchev–Trinajstić information content (AvgIpc) is 2.55. The van der Waals surface area contributed by atoms with Gasteiger partial charge >= 0.3 is 11.9 Å². The molecule has 2 aromatic rings. The molecular weight excluding hydrogens is 384 g/mol. The Morgan fingerprint density at radius 2 is 1.74 bits per heavy atom. The van der Waals surface area contributed by atoms with Crippen LogP contribution >= 0.6 is 27.5 Å². The van der Waals surface area contributed by atoms with Gasteiger partial charge in [0, 0.05) is 5.02 Å². The summed E-state index contributed by atoms with van der Waals surface area (Å²) in [6.07, 6.45) is 5.03. The molecule has 0 aromatic heterocycles. The molecule has 0 aliphatic heterocycles. The fourth-order valence-electron chi connectivity index (χ4n) is 1.65. The van der Waals surface area contributed by atoms with E-state index >= 15 is 0 Å². The Morgan fingerprint density at radius 3 is 2.35 bits per heavy atom. The fraction of sp³-hybridized carbons (Fsp3) is 0.0588. The van der Waals surface area contributed by atoms with E-state index in [0.717, 1.165) is 0 Å². The molecule has 0 saturated carbocycles. The first-order valence-electron chi connectivity index (χ1n) is 6.39. The van der Waals surface area contributed by atoms with Crippen LogP contribution in [0.3, 0.4) is 0 Å². The van der Waals surface area contributed by atoms with Gasteiger partial charge in [0.1, 0.15) is 5.75 Å². The molecule has 0 N–H and O–H groups in total. The molecule has 0 spiro atoms. The second kappa shape index (κ2) is 7.82. The SMILES string of the molecule is C#CCOC(=O)c1ccc(OC(=O)c2ccc(Cl)cc2)c(Br)c1. The topological polar surface area (TPSA) is 52.6 Å². The van der Waals surface area contributed by atoms with Crippen molar-refractivity contribution < 1.29 is 19.1 Å². The van der Waals surface area contributed by atoms with Crippen molar-refractivity contribution in [1.29, 1.82) is 0 Å². The van der Waals surface area contributed by atoms with E-state index < -0.39 is 11.9 Å². The lowest BCUT2D eigenvalue weighted by Gasteiger charge is -2.08. The maximum Gasteiger partial charge on any atom is 0.343 e. The number of benzene rings is 2. The predicted molar refractivity (Wildman–Crippen MR) is 89.7 cm³/mol. The highest BCUT2D eigenvalue weighted by molar-refractivity contribution is 9.10. The van der Waals surface area contributed by atoms with Crippen LogP contribution in [0.1, 0.15) is 20.7 Å². The van der Waals surface area contributed by atoms with Crippen LogP contribution in [0.2, 0.25) is 5.02 Å². The molecular formula is C17H10BrClO4. The minimum atomic E-state index is -0.556. The molecule has 0 atom stereocenters. The lowest BCUT2D eigenvalue weighted by atomic mass is 10.2. The molecule has 6 heteroatoms. The lowest BCUT2D eigenvalue weighted by Crippen LogP contribution is -2.09. The van der Waals surface area contributed by atoms with Gasteiger partial charge in [0.2, 0.25) is 0 Å². The van der Waals surface area contributed by atoms with Crippen LogP contribution in [0.15, 0.2) is 46.9 Å². The van der Waals surface area contributed by atoms with Crippen molar-refractivity contribution in [2.45, 2.75) is 0 Å². The number of esters is 2. The number of terminal acetylenes is 1. The Balaban J connectivity index is 2.12. The molecule has 0 amide bonds. The first kappa shape index (κ1) is 17.1. The minimum Gasteiger partial charge on any atom is -0.449 e. The van der Waals surface area contributed by atoms with Gasteiger partial charge in [-0.2, -0.15) is 0 Å². The molecule has 0 heterocycles. The van der Waals surface area contributed by atoms with Crippen molar-refractivity contribution in [1.82, 2.24) is 0 Å². The molecule has 4 nitrogen and oxygen atoms in total. The normalized spacial score (nSPS) is 9.78. The highest BCUT2D eigenvalue weighted by atomic mass is 79.9. The van der Waals surface area contributed by atoms with Crippen LogP contribution in [0.5, 0.6) is 5.75 Å². The summed E-state index contributed by atoms with van der Waals surface area (Å²) in [6, 6.07) is 10.8. The summed E-state index contributed by atoms with van der Waals surface area (Å²) in [5.74, 6) is 1.39. The summed E-state index contributed by atoms with van der Waals surface area (Å²) in [7, 11) is 0. The zero-order valence-corrected chi connectivity index (χ0v) is 14.1. The number of ether oxygens (including phenoxy) is 2. The predicted octanol–water partition coefficient (Wildman–Crippen LogP) is 4.11. The Labute approximate surface area is 146 Å². The summed E-state index contributed by atoms with van der Waals surface area (Å²) in [6.45, 7) is -0.107. The number of hydrogen-bond donors (Lipinski definition) is 0. The zero-order valence-electron chi connectivity index (χ0n) is 11.7. The molecule has 0 saturated heterocycles. The van der Waals surface area contributed by atoms with Crippen LogP contribution in [-0.2, 0) is 4.74 Å². The van der Waals surface area contributed by atoms with E-state index in [-0.39, 0.29) is 12.4 Å². The molecule has 0 bridgehead atoms.